The average Bonchev–Trinajstić information content (AvgIpc) is 3.48. The van der Waals surface area contributed by atoms with Gasteiger partial charge in [0.15, 0.2) is 32.8 Å². The molecule has 0 N–H and O–H groups in total. The monoisotopic (exact) mass is 869 g/mol. The van der Waals surface area contributed by atoms with Gasteiger partial charge in [0, 0.05) is 12.0 Å². The zero-order valence-electron chi connectivity index (χ0n) is 40.0. The predicted octanol–water partition coefficient (Wildman–Crippen LogP) is 13.5. The van der Waals surface area contributed by atoms with Crippen molar-refractivity contribution in [1.82, 2.24) is 0 Å². The van der Waals surface area contributed by atoms with Gasteiger partial charge in [-0.05, 0) is 162 Å². The maximum Gasteiger partial charge on any atom is 0.192 e. The molecule has 10 atom stereocenters. The molecule has 1 heterocycles. The molecule has 2 unspecified atom stereocenters. The van der Waals surface area contributed by atoms with Gasteiger partial charge < -0.3 is 18.3 Å². The molecule has 59 heavy (non-hydrogen) atoms. The molecule has 1 aromatic rings. The molecule has 4 fully saturated rings. The molecule has 0 aromatic heterocycles. The van der Waals surface area contributed by atoms with E-state index in [-0.39, 0.29) is 45.3 Å². The Morgan fingerprint density at radius 3 is 2.08 bits per heavy atom. The standard InChI is InChI=1S/C50H84O6SSi2/c1-35(43(57(51,52)38-21-17-16-18-22-38)29-30-48(8,9)54-45-23-19-20-32-53-45)40-26-27-41-39-25-24-36-33-37(55-58(12,13)46(2,3)4)34-44(56-59(14,15)47(5,6)7)50(36,11)42(39)28-31-49(40,41)10/h16-18,21-22,24-25,35,37,40-45H,19-20,23,26-34H2,1-15H3/t35-,37+,40+,41-,42-,43?,44-,45?,49+,50-/m0/s1. The van der Waals surface area contributed by atoms with E-state index in [0.717, 1.165) is 64.4 Å². The minimum Gasteiger partial charge on any atom is -0.414 e. The predicted molar refractivity (Wildman–Crippen MR) is 249 cm³/mol. The van der Waals surface area contributed by atoms with Crippen molar-refractivity contribution >= 4 is 26.5 Å². The Labute approximate surface area is 363 Å². The molecule has 1 saturated heterocycles. The number of benzene rings is 1. The zero-order chi connectivity index (χ0) is 43.6. The van der Waals surface area contributed by atoms with E-state index in [2.05, 4.69) is 115 Å². The van der Waals surface area contributed by atoms with Gasteiger partial charge in [-0.2, -0.15) is 0 Å². The number of fused-ring (bicyclic) bond motifs is 5. The van der Waals surface area contributed by atoms with Crippen molar-refractivity contribution in [3.8, 4) is 0 Å². The maximum absolute atomic E-state index is 14.8. The lowest BCUT2D eigenvalue weighted by Crippen LogP contribution is -2.58. The van der Waals surface area contributed by atoms with Crippen molar-refractivity contribution < 1.29 is 26.7 Å². The minimum absolute atomic E-state index is 0.00282. The molecule has 1 aliphatic heterocycles. The molecule has 4 aliphatic carbocycles. The van der Waals surface area contributed by atoms with Crippen LogP contribution in [0.15, 0.2) is 58.5 Å². The van der Waals surface area contributed by atoms with Crippen molar-refractivity contribution in [3.05, 3.63) is 53.6 Å². The van der Waals surface area contributed by atoms with E-state index in [1.165, 1.54) is 5.57 Å². The Bertz CT molecular complexity index is 1800. The topological polar surface area (TPSA) is 71.1 Å². The molecule has 9 heteroatoms. The Kier molecular flexibility index (Phi) is 13.5. The molecular weight excluding hydrogens is 785 g/mol. The quantitative estimate of drug-likeness (QED) is 0.184. The molecular formula is C50H84O6SSi2. The summed E-state index contributed by atoms with van der Waals surface area (Å²) in [5.41, 5.74) is 2.57. The van der Waals surface area contributed by atoms with Gasteiger partial charge in [-0.1, -0.05) is 104 Å². The van der Waals surface area contributed by atoms with Crippen LogP contribution < -0.4 is 0 Å². The minimum atomic E-state index is -3.60. The summed E-state index contributed by atoms with van der Waals surface area (Å²) in [5, 5.41) is -0.245. The molecule has 0 spiro atoms. The van der Waals surface area contributed by atoms with Crippen LogP contribution in [-0.2, 0) is 28.2 Å². The fraction of sp³-hybridized carbons (Fsp3) is 0.800. The summed E-state index contributed by atoms with van der Waals surface area (Å²) < 4.78 is 57.0. The Hall–Kier alpha value is -1.08. The van der Waals surface area contributed by atoms with Crippen LogP contribution in [0.25, 0.3) is 0 Å². The fourth-order valence-electron chi connectivity index (χ4n) is 11.7. The summed E-state index contributed by atoms with van der Waals surface area (Å²) in [5.74, 6) is 1.15. The van der Waals surface area contributed by atoms with Crippen molar-refractivity contribution in [3.63, 3.8) is 0 Å². The second kappa shape index (κ2) is 16.8. The molecule has 3 saturated carbocycles. The molecule has 6 rings (SSSR count). The van der Waals surface area contributed by atoms with E-state index in [4.69, 9.17) is 18.3 Å². The van der Waals surface area contributed by atoms with Crippen LogP contribution in [0, 0.1) is 34.5 Å². The number of allylic oxidation sites excluding steroid dienone is 3. The smallest absolute Gasteiger partial charge is 0.192 e. The van der Waals surface area contributed by atoms with Gasteiger partial charge in [-0.15, -0.1) is 0 Å². The van der Waals surface area contributed by atoms with Crippen LogP contribution in [0.4, 0.5) is 0 Å². The molecule has 6 nitrogen and oxygen atoms in total. The Morgan fingerprint density at radius 2 is 1.47 bits per heavy atom. The second-order valence-electron chi connectivity index (χ2n) is 23.7. The average molecular weight is 869 g/mol. The van der Waals surface area contributed by atoms with Gasteiger partial charge in [-0.25, -0.2) is 8.42 Å². The third kappa shape index (κ3) is 9.29. The van der Waals surface area contributed by atoms with E-state index in [1.807, 2.05) is 18.2 Å². The van der Waals surface area contributed by atoms with E-state index in [9.17, 15) is 8.42 Å². The van der Waals surface area contributed by atoms with Gasteiger partial charge in [0.1, 0.15) is 0 Å². The van der Waals surface area contributed by atoms with Gasteiger partial charge in [0.2, 0.25) is 0 Å². The maximum atomic E-state index is 14.8. The Balaban J connectivity index is 1.31. The first-order valence-corrected chi connectivity index (χ1v) is 30.9. The highest BCUT2D eigenvalue weighted by molar-refractivity contribution is 7.92. The summed E-state index contributed by atoms with van der Waals surface area (Å²) in [6, 6.07) is 9.23. The molecule has 5 aliphatic rings. The number of ether oxygens (including phenoxy) is 2. The first-order valence-electron chi connectivity index (χ1n) is 23.5. The summed E-state index contributed by atoms with van der Waals surface area (Å²) >= 11 is 0. The summed E-state index contributed by atoms with van der Waals surface area (Å²) in [6.07, 6.45) is 15.7. The number of hydrogen-bond acceptors (Lipinski definition) is 6. The highest BCUT2D eigenvalue weighted by Gasteiger charge is 2.61. The van der Waals surface area contributed by atoms with Crippen LogP contribution >= 0.6 is 0 Å². The van der Waals surface area contributed by atoms with Crippen LogP contribution in [0.2, 0.25) is 36.3 Å². The van der Waals surface area contributed by atoms with Gasteiger partial charge in [-0.3, -0.25) is 0 Å². The van der Waals surface area contributed by atoms with Crippen LogP contribution in [-0.4, -0.2) is 61.0 Å². The first kappa shape index (κ1) is 47.4. The highest BCUT2D eigenvalue weighted by Crippen LogP contribution is 2.67. The lowest BCUT2D eigenvalue weighted by Gasteiger charge is -2.59. The fourth-order valence-corrected chi connectivity index (χ4v) is 16.6. The third-order valence-corrected chi connectivity index (χ3v) is 28.9. The van der Waals surface area contributed by atoms with E-state index >= 15 is 0 Å². The number of hydrogen-bond donors (Lipinski definition) is 0. The highest BCUT2D eigenvalue weighted by atomic mass is 32.2. The van der Waals surface area contributed by atoms with Crippen LogP contribution in [0.3, 0.4) is 0 Å². The summed E-state index contributed by atoms with van der Waals surface area (Å²) in [6.45, 7) is 36.1. The van der Waals surface area contributed by atoms with Crippen molar-refractivity contribution in [2.45, 2.75) is 217 Å². The largest absolute Gasteiger partial charge is 0.414 e. The lowest BCUT2D eigenvalue weighted by molar-refractivity contribution is -0.217. The first-order chi connectivity index (χ1) is 27.1. The molecule has 0 amide bonds. The zero-order valence-corrected chi connectivity index (χ0v) is 42.8. The summed E-state index contributed by atoms with van der Waals surface area (Å²) in [7, 11) is -7.72. The molecule has 0 radical (unpaired) electrons. The third-order valence-electron chi connectivity index (χ3n) is 17.5. The van der Waals surface area contributed by atoms with Crippen molar-refractivity contribution in [2.24, 2.45) is 34.5 Å². The Morgan fingerprint density at radius 1 is 0.831 bits per heavy atom. The number of rotatable bonds is 13. The summed E-state index contributed by atoms with van der Waals surface area (Å²) in [4.78, 5) is 0.441. The SMILES string of the molecule is C[C@H](C(CCC(C)(C)OC1CCCCO1)S(=O)(=O)c1ccccc1)[C@H]1CC[C@H]2C3=CC=C4C[C@@H](O[Si](C)(C)C(C)(C)C)C[C@H](O[Si](C)(C)C(C)(C)C)[C@]4(C)[C@H]3CC[C@]12C. The molecule has 0 bridgehead atoms. The van der Waals surface area contributed by atoms with E-state index in [0.29, 0.717) is 35.5 Å². The van der Waals surface area contributed by atoms with E-state index in [1.54, 1.807) is 17.7 Å². The van der Waals surface area contributed by atoms with Crippen molar-refractivity contribution in [1.29, 1.82) is 0 Å². The van der Waals surface area contributed by atoms with Crippen LogP contribution in [0.5, 0.6) is 0 Å². The second-order valence-corrected chi connectivity index (χ2v) is 35.4. The van der Waals surface area contributed by atoms with E-state index < -0.39 is 37.3 Å². The van der Waals surface area contributed by atoms with Gasteiger partial charge in [0.05, 0.1) is 28.0 Å². The van der Waals surface area contributed by atoms with Gasteiger partial charge >= 0.3 is 0 Å². The van der Waals surface area contributed by atoms with Crippen LogP contribution in [0.1, 0.15) is 147 Å². The lowest BCUT2D eigenvalue weighted by atomic mass is 9.49. The normalized spacial score (nSPS) is 33.3. The van der Waals surface area contributed by atoms with Crippen molar-refractivity contribution in [2.75, 3.05) is 6.61 Å². The molecule has 1 aromatic carbocycles. The van der Waals surface area contributed by atoms with Gasteiger partial charge in [0.25, 0.3) is 0 Å². The molecule has 334 valence electrons. The number of sulfone groups is 1.